The highest BCUT2D eigenvalue weighted by atomic mass is 15.3. The van der Waals surface area contributed by atoms with Crippen molar-refractivity contribution < 1.29 is 0 Å². The van der Waals surface area contributed by atoms with Crippen molar-refractivity contribution in [2.24, 2.45) is 0 Å². The molecule has 102 valence electrons. The van der Waals surface area contributed by atoms with Crippen LogP contribution >= 0.6 is 0 Å². The molecule has 2 aromatic rings. The van der Waals surface area contributed by atoms with Gasteiger partial charge in [0.25, 0.3) is 0 Å². The Kier molecular flexibility index (Phi) is 3.38. The highest BCUT2D eigenvalue weighted by Gasteiger charge is 2.23. The summed E-state index contributed by atoms with van der Waals surface area (Å²) in [6, 6.07) is 4.37. The average Bonchev–Trinajstić information content (AvgIpc) is 2.82. The summed E-state index contributed by atoms with van der Waals surface area (Å²) in [5.41, 5.74) is 7.35. The van der Waals surface area contributed by atoms with E-state index < -0.39 is 0 Å². The first kappa shape index (κ1) is 12.4. The smallest absolute Gasteiger partial charge is 0.162 e. The molecule has 5 nitrogen and oxygen atoms in total. The first-order valence-electron chi connectivity index (χ1n) is 7.11. The second kappa shape index (κ2) is 5.17. The molecule has 3 rings (SSSR count). The van der Waals surface area contributed by atoms with Gasteiger partial charge in [0.05, 0.1) is 0 Å². The normalized spacial score (nSPS) is 21.0. The average molecular weight is 259 g/mol. The van der Waals surface area contributed by atoms with Crippen molar-refractivity contribution in [2.75, 3.05) is 18.8 Å². The summed E-state index contributed by atoms with van der Waals surface area (Å²) in [7, 11) is 0. The van der Waals surface area contributed by atoms with Crippen molar-refractivity contribution in [1.29, 1.82) is 0 Å². The van der Waals surface area contributed by atoms with Crippen molar-refractivity contribution in [3.05, 3.63) is 24.2 Å². The molecule has 2 N–H and O–H groups in total. The predicted molar refractivity (Wildman–Crippen MR) is 76.0 cm³/mol. The summed E-state index contributed by atoms with van der Waals surface area (Å²) in [5, 5.41) is 8.54. The quantitative estimate of drug-likeness (QED) is 0.912. The minimum Gasteiger partial charge on any atom is -0.399 e. The third-order valence-electron chi connectivity index (χ3n) is 4.08. The lowest BCUT2D eigenvalue weighted by Gasteiger charge is -2.34. The van der Waals surface area contributed by atoms with Crippen LogP contribution in [0.3, 0.4) is 0 Å². The van der Waals surface area contributed by atoms with Crippen molar-refractivity contribution >= 4 is 11.3 Å². The fourth-order valence-corrected chi connectivity index (χ4v) is 3.01. The van der Waals surface area contributed by atoms with Crippen LogP contribution in [0, 0.1) is 0 Å². The van der Waals surface area contributed by atoms with Gasteiger partial charge in [0, 0.05) is 30.4 Å². The molecule has 1 aliphatic rings. The standard InChI is InChI=1S/C14H21N5/c1-2-18-7-4-3-5-12(18)10-14-17-16-13-9-11(15)6-8-19(13)14/h6,8-9,12H,2-5,7,10,15H2,1H3. The molecule has 0 saturated carbocycles. The molecule has 1 atom stereocenters. The Hall–Kier alpha value is -1.62. The van der Waals surface area contributed by atoms with Crippen LogP contribution in [0.25, 0.3) is 5.65 Å². The van der Waals surface area contributed by atoms with E-state index in [1.165, 1.54) is 25.8 Å². The summed E-state index contributed by atoms with van der Waals surface area (Å²) in [6.07, 6.45) is 6.85. The number of likely N-dealkylation sites (N-methyl/N-ethyl adjacent to an activating group) is 1. The highest BCUT2D eigenvalue weighted by molar-refractivity contribution is 5.51. The second-order valence-electron chi connectivity index (χ2n) is 5.29. The molecule has 0 aromatic carbocycles. The van der Waals surface area contributed by atoms with Gasteiger partial charge in [-0.15, -0.1) is 10.2 Å². The molecule has 5 heteroatoms. The Morgan fingerprint density at radius 3 is 3.11 bits per heavy atom. The first-order valence-corrected chi connectivity index (χ1v) is 7.11. The number of hydrogen-bond acceptors (Lipinski definition) is 4. The van der Waals surface area contributed by atoms with Crippen molar-refractivity contribution in [3.8, 4) is 0 Å². The maximum absolute atomic E-state index is 5.77. The van der Waals surface area contributed by atoms with Crippen LogP contribution in [0.5, 0.6) is 0 Å². The topological polar surface area (TPSA) is 59.5 Å². The molecule has 2 aromatic heterocycles. The van der Waals surface area contributed by atoms with Crippen LogP contribution in [0.1, 0.15) is 32.0 Å². The summed E-state index contributed by atoms with van der Waals surface area (Å²) < 4.78 is 2.05. The number of pyridine rings is 1. The molecule has 19 heavy (non-hydrogen) atoms. The maximum atomic E-state index is 5.77. The number of aromatic nitrogens is 3. The van der Waals surface area contributed by atoms with E-state index in [9.17, 15) is 0 Å². The summed E-state index contributed by atoms with van der Waals surface area (Å²) in [4.78, 5) is 2.56. The Balaban J connectivity index is 1.84. The minimum atomic E-state index is 0.601. The van der Waals surface area contributed by atoms with Crippen LogP contribution in [0.2, 0.25) is 0 Å². The van der Waals surface area contributed by atoms with E-state index in [1.807, 2.05) is 18.3 Å². The molecule has 0 amide bonds. The fraction of sp³-hybridized carbons (Fsp3) is 0.571. The number of piperidine rings is 1. The van der Waals surface area contributed by atoms with Gasteiger partial charge in [-0.05, 0) is 32.0 Å². The second-order valence-corrected chi connectivity index (χ2v) is 5.29. The fourth-order valence-electron chi connectivity index (χ4n) is 3.01. The van der Waals surface area contributed by atoms with Gasteiger partial charge >= 0.3 is 0 Å². The van der Waals surface area contributed by atoms with Crippen molar-refractivity contribution in [1.82, 2.24) is 19.5 Å². The first-order chi connectivity index (χ1) is 9.28. The SMILES string of the molecule is CCN1CCCCC1Cc1nnc2cc(N)ccn12. The number of hydrogen-bond donors (Lipinski definition) is 1. The summed E-state index contributed by atoms with van der Waals surface area (Å²) in [5.74, 6) is 1.04. The lowest BCUT2D eigenvalue weighted by atomic mass is 9.99. The number of nitrogen functional groups attached to an aromatic ring is 1. The van der Waals surface area contributed by atoms with Gasteiger partial charge in [-0.1, -0.05) is 13.3 Å². The van der Waals surface area contributed by atoms with E-state index in [4.69, 9.17) is 5.73 Å². The van der Waals surface area contributed by atoms with Crippen LogP contribution in [0.15, 0.2) is 18.3 Å². The number of anilines is 1. The van der Waals surface area contributed by atoms with E-state index in [-0.39, 0.29) is 0 Å². The van der Waals surface area contributed by atoms with Gasteiger partial charge < -0.3 is 10.6 Å². The molecule has 1 unspecified atom stereocenters. The van der Waals surface area contributed by atoms with Gasteiger partial charge in [0.2, 0.25) is 0 Å². The zero-order valence-electron chi connectivity index (χ0n) is 11.4. The monoisotopic (exact) mass is 259 g/mol. The number of nitrogens with zero attached hydrogens (tertiary/aromatic N) is 4. The van der Waals surface area contributed by atoms with E-state index in [1.54, 1.807) is 0 Å². The van der Waals surface area contributed by atoms with Gasteiger partial charge in [-0.25, -0.2) is 0 Å². The Labute approximate surface area is 113 Å². The molecule has 0 radical (unpaired) electrons. The molecule has 0 aliphatic carbocycles. The van der Waals surface area contributed by atoms with Gasteiger partial charge in [-0.3, -0.25) is 4.40 Å². The lowest BCUT2D eigenvalue weighted by Crippen LogP contribution is -2.40. The number of rotatable bonds is 3. The Morgan fingerprint density at radius 2 is 2.26 bits per heavy atom. The molecule has 1 aliphatic heterocycles. The van der Waals surface area contributed by atoms with Crippen molar-refractivity contribution in [3.63, 3.8) is 0 Å². The highest BCUT2D eigenvalue weighted by Crippen LogP contribution is 2.20. The number of likely N-dealkylation sites (tertiary alicyclic amines) is 1. The molecular weight excluding hydrogens is 238 g/mol. The molecular formula is C14H21N5. The van der Waals surface area contributed by atoms with E-state index >= 15 is 0 Å². The third-order valence-corrected chi connectivity index (χ3v) is 4.08. The maximum Gasteiger partial charge on any atom is 0.162 e. The molecule has 0 bridgehead atoms. The Morgan fingerprint density at radius 1 is 1.37 bits per heavy atom. The molecule has 0 spiro atoms. The third kappa shape index (κ3) is 2.42. The predicted octanol–water partition coefficient (Wildman–Crippen LogP) is 1.73. The van der Waals surface area contributed by atoms with Crippen molar-refractivity contribution in [2.45, 2.75) is 38.6 Å². The molecule has 1 fully saturated rings. The van der Waals surface area contributed by atoms with Gasteiger partial charge in [0.15, 0.2) is 5.65 Å². The molecule has 3 heterocycles. The van der Waals surface area contributed by atoms with Crippen LogP contribution in [0.4, 0.5) is 5.69 Å². The summed E-state index contributed by atoms with van der Waals surface area (Å²) in [6.45, 7) is 4.57. The Bertz CT molecular complexity index is 562. The van der Waals surface area contributed by atoms with E-state index in [2.05, 4.69) is 26.4 Å². The van der Waals surface area contributed by atoms with Crippen LogP contribution < -0.4 is 5.73 Å². The van der Waals surface area contributed by atoms with Gasteiger partial charge in [0.1, 0.15) is 5.82 Å². The lowest BCUT2D eigenvalue weighted by molar-refractivity contribution is 0.153. The number of nitrogens with two attached hydrogens (primary N) is 1. The minimum absolute atomic E-state index is 0.601. The molecule has 1 saturated heterocycles. The van der Waals surface area contributed by atoms with Gasteiger partial charge in [-0.2, -0.15) is 0 Å². The number of fused-ring (bicyclic) bond motifs is 1. The van der Waals surface area contributed by atoms with Crippen LogP contribution in [-0.2, 0) is 6.42 Å². The van der Waals surface area contributed by atoms with E-state index in [0.717, 1.165) is 30.1 Å². The largest absolute Gasteiger partial charge is 0.399 e. The zero-order valence-corrected chi connectivity index (χ0v) is 11.4. The zero-order chi connectivity index (χ0) is 13.2. The summed E-state index contributed by atoms with van der Waals surface area (Å²) >= 11 is 0. The van der Waals surface area contributed by atoms with E-state index in [0.29, 0.717) is 6.04 Å². The van der Waals surface area contributed by atoms with Crippen LogP contribution in [-0.4, -0.2) is 38.6 Å².